The molecule has 1 aromatic heterocycles. The van der Waals surface area contributed by atoms with Crippen LogP contribution in [0.15, 0.2) is 29.3 Å². The molecular weight excluding hydrogens is 228 g/mol. The van der Waals surface area contributed by atoms with Crippen LogP contribution >= 0.6 is 0 Å². The topological polar surface area (TPSA) is 44.1 Å². The van der Waals surface area contributed by atoms with Gasteiger partial charge in [-0.25, -0.2) is 4.98 Å². The molecule has 3 rings (SSSR count). The van der Waals surface area contributed by atoms with Crippen molar-refractivity contribution in [3.63, 3.8) is 0 Å². The summed E-state index contributed by atoms with van der Waals surface area (Å²) < 4.78 is 6.94. The molecule has 0 amide bonds. The lowest BCUT2D eigenvalue weighted by molar-refractivity contribution is 0.162. The van der Waals surface area contributed by atoms with E-state index in [1.54, 1.807) is 24.1 Å². The minimum Gasteiger partial charge on any atom is -0.497 e. The van der Waals surface area contributed by atoms with E-state index < -0.39 is 0 Å². The average Bonchev–Trinajstić information content (AvgIpc) is 2.36. The highest BCUT2D eigenvalue weighted by molar-refractivity contribution is 5.78. The second kappa shape index (κ2) is 3.83. The van der Waals surface area contributed by atoms with Gasteiger partial charge in [0, 0.05) is 5.54 Å². The van der Waals surface area contributed by atoms with Crippen LogP contribution in [0, 0.1) is 0 Å². The van der Waals surface area contributed by atoms with Crippen LogP contribution in [-0.4, -0.2) is 16.7 Å². The zero-order valence-electron chi connectivity index (χ0n) is 10.6. The van der Waals surface area contributed by atoms with Gasteiger partial charge in [0.2, 0.25) is 0 Å². The molecule has 0 radical (unpaired) electrons. The largest absolute Gasteiger partial charge is 0.497 e. The monoisotopic (exact) mass is 244 g/mol. The quantitative estimate of drug-likeness (QED) is 0.814. The van der Waals surface area contributed by atoms with Crippen LogP contribution in [0.3, 0.4) is 0 Å². The molecule has 1 saturated carbocycles. The van der Waals surface area contributed by atoms with Gasteiger partial charge in [-0.15, -0.1) is 0 Å². The van der Waals surface area contributed by atoms with Gasteiger partial charge in [0.05, 0.1) is 24.3 Å². The Morgan fingerprint density at radius 2 is 2.17 bits per heavy atom. The minimum atomic E-state index is -0.0542. The number of methoxy groups -OCH3 is 1. The van der Waals surface area contributed by atoms with Crippen molar-refractivity contribution in [2.24, 2.45) is 0 Å². The van der Waals surface area contributed by atoms with E-state index in [1.807, 2.05) is 12.1 Å². The number of hydrogen-bond acceptors (Lipinski definition) is 3. The number of rotatable bonds is 2. The van der Waals surface area contributed by atoms with E-state index in [1.165, 1.54) is 6.42 Å². The van der Waals surface area contributed by atoms with Gasteiger partial charge in [-0.2, -0.15) is 0 Å². The summed E-state index contributed by atoms with van der Waals surface area (Å²) in [7, 11) is 1.60. The molecule has 2 aromatic rings. The Morgan fingerprint density at radius 3 is 2.78 bits per heavy atom. The van der Waals surface area contributed by atoms with Gasteiger partial charge in [-0.1, -0.05) is 0 Å². The summed E-state index contributed by atoms with van der Waals surface area (Å²) in [6, 6.07) is 5.41. The lowest BCUT2D eigenvalue weighted by Crippen LogP contribution is -2.43. The van der Waals surface area contributed by atoms with Gasteiger partial charge in [0.15, 0.2) is 0 Å². The Morgan fingerprint density at radius 1 is 1.39 bits per heavy atom. The van der Waals surface area contributed by atoms with Crippen molar-refractivity contribution in [3.8, 4) is 5.75 Å². The summed E-state index contributed by atoms with van der Waals surface area (Å²) in [4.78, 5) is 16.9. The Hall–Kier alpha value is -1.84. The highest BCUT2D eigenvalue weighted by Gasteiger charge is 2.34. The fraction of sp³-hybridized carbons (Fsp3) is 0.429. The maximum Gasteiger partial charge on any atom is 0.261 e. The first-order chi connectivity index (χ1) is 8.64. The number of fused-ring (bicyclic) bond motifs is 1. The molecule has 1 aliphatic rings. The molecule has 0 bridgehead atoms. The van der Waals surface area contributed by atoms with Crippen LogP contribution in [0.25, 0.3) is 10.9 Å². The predicted octanol–water partition coefficient (Wildman–Crippen LogP) is 2.30. The lowest BCUT2D eigenvalue weighted by atomic mass is 9.78. The molecule has 0 unspecified atom stereocenters. The van der Waals surface area contributed by atoms with E-state index in [9.17, 15) is 4.79 Å². The molecule has 4 nitrogen and oxygen atoms in total. The van der Waals surface area contributed by atoms with Crippen LogP contribution in [0.1, 0.15) is 26.2 Å². The third-order valence-electron chi connectivity index (χ3n) is 3.98. The van der Waals surface area contributed by atoms with Gasteiger partial charge in [0.25, 0.3) is 5.56 Å². The average molecular weight is 244 g/mol. The Labute approximate surface area is 105 Å². The summed E-state index contributed by atoms with van der Waals surface area (Å²) in [5, 5.41) is 0.630. The highest BCUT2D eigenvalue weighted by Crippen LogP contribution is 2.37. The number of ether oxygens (including phenoxy) is 1. The first-order valence-corrected chi connectivity index (χ1v) is 6.20. The smallest absolute Gasteiger partial charge is 0.261 e. The second-order valence-electron chi connectivity index (χ2n) is 5.15. The van der Waals surface area contributed by atoms with Crippen molar-refractivity contribution >= 4 is 10.9 Å². The van der Waals surface area contributed by atoms with Crippen molar-refractivity contribution in [2.75, 3.05) is 7.11 Å². The molecule has 18 heavy (non-hydrogen) atoms. The number of benzene rings is 1. The van der Waals surface area contributed by atoms with Crippen molar-refractivity contribution in [1.82, 2.24) is 9.55 Å². The van der Waals surface area contributed by atoms with E-state index in [0.29, 0.717) is 11.1 Å². The fourth-order valence-corrected chi connectivity index (χ4v) is 2.54. The van der Waals surface area contributed by atoms with Crippen LogP contribution < -0.4 is 10.3 Å². The third-order valence-corrected chi connectivity index (χ3v) is 3.98. The predicted molar refractivity (Wildman–Crippen MR) is 70.1 cm³/mol. The summed E-state index contributed by atoms with van der Waals surface area (Å²) in [6.07, 6.45) is 4.95. The molecule has 0 aliphatic heterocycles. The van der Waals surface area contributed by atoms with E-state index in [-0.39, 0.29) is 11.1 Å². The SMILES string of the molecule is COc1ccc2ncn(C3(C)CCC3)c(=O)c2c1. The van der Waals surface area contributed by atoms with Crippen LogP contribution in [0.5, 0.6) is 5.75 Å². The molecule has 0 spiro atoms. The zero-order chi connectivity index (χ0) is 12.8. The lowest BCUT2D eigenvalue weighted by Gasteiger charge is -2.39. The van der Waals surface area contributed by atoms with Crippen LogP contribution in [-0.2, 0) is 5.54 Å². The van der Waals surface area contributed by atoms with E-state index in [2.05, 4.69) is 11.9 Å². The van der Waals surface area contributed by atoms with Gasteiger partial charge >= 0.3 is 0 Å². The molecule has 1 fully saturated rings. The second-order valence-corrected chi connectivity index (χ2v) is 5.15. The maximum atomic E-state index is 12.5. The van der Waals surface area contributed by atoms with Gasteiger partial charge in [-0.3, -0.25) is 9.36 Å². The normalized spacial score (nSPS) is 17.4. The molecule has 0 N–H and O–H groups in total. The Bertz CT molecular complexity index is 656. The molecule has 4 heteroatoms. The van der Waals surface area contributed by atoms with Crippen molar-refractivity contribution < 1.29 is 4.74 Å². The Kier molecular flexibility index (Phi) is 2.40. The molecule has 1 aromatic carbocycles. The van der Waals surface area contributed by atoms with Gasteiger partial charge in [-0.05, 0) is 44.4 Å². The van der Waals surface area contributed by atoms with Crippen molar-refractivity contribution in [3.05, 3.63) is 34.9 Å². The van der Waals surface area contributed by atoms with Crippen LogP contribution in [0.2, 0.25) is 0 Å². The van der Waals surface area contributed by atoms with Crippen molar-refractivity contribution in [1.29, 1.82) is 0 Å². The number of aromatic nitrogens is 2. The van der Waals surface area contributed by atoms with Crippen molar-refractivity contribution in [2.45, 2.75) is 31.7 Å². The first-order valence-electron chi connectivity index (χ1n) is 6.20. The summed E-state index contributed by atoms with van der Waals surface area (Å²) >= 11 is 0. The molecular formula is C14H16N2O2. The maximum absolute atomic E-state index is 12.5. The van der Waals surface area contributed by atoms with Gasteiger partial charge < -0.3 is 4.74 Å². The minimum absolute atomic E-state index is 0.0288. The summed E-state index contributed by atoms with van der Waals surface area (Å²) in [5.74, 6) is 0.693. The fourth-order valence-electron chi connectivity index (χ4n) is 2.54. The molecule has 94 valence electrons. The summed E-state index contributed by atoms with van der Waals surface area (Å²) in [6.45, 7) is 2.12. The number of nitrogens with zero attached hydrogens (tertiary/aromatic N) is 2. The van der Waals surface area contributed by atoms with Crippen LogP contribution in [0.4, 0.5) is 0 Å². The molecule has 1 aliphatic carbocycles. The third kappa shape index (κ3) is 1.52. The van der Waals surface area contributed by atoms with E-state index in [0.717, 1.165) is 18.4 Å². The molecule has 1 heterocycles. The van der Waals surface area contributed by atoms with E-state index in [4.69, 9.17) is 4.74 Å². The Balaban J connectivity index is 2.24. The molecule has 0 atom stereocenters. The van der Waals surface area contributed by atoms with Gasteiger partial charge in [0.1, 0.15) is 5.75 Å². The standard InChI is InChI=1S/C14H16N2O2/c1-14(6-3-7-14)16-9-15-12-5-4-10(18-2)8-11(12)13(16)17/h4-5,8-9H,3,6-7H2,1-2H3. The highest BCUT2D eigenvalue weighted by atomic mass is 16.5. The molecule has 0 saturated heterocycles. The zero-order valence-corrected chi connectivity index (χ0v) is 10.6. The first kappa shape index (κ1) is 11.3. The number of hydrogen-bond donors (Lipinski definition) is 0. The summed E-state index contributed by atoms with van der Waals surface area (Å²) in [5.41, 5.74) is 0.697. The van der Waals surface area contributed by atoms with E-state index >= 15 is 0 Å².